The van der Waals surface area contributed by atoms with Crippen molar-refractivity contribution >= 4 is 21.6 Å². The number of nitrogens with zero attached hydrogens (tertiary/aromatic N) is 1. The SMILES string of the molecule is COc1cccc(CC(N)c2nc3ccccc3s2)c1. The first-order valence-corrected chi connectivity index (χ1v) is 7.32. The van der Waals surface area contributed by atoms with Gasteiger partial charge >= 0.3 is 0 Å². The molecule has 0 radical (unpaired) electrons. The van der Waals surface area contributed by atoms with Crippen LogP contribution in [0, 0.1) is 0 Å². The van der Waals surface area contributed by atoms with E-state index in [1.807, 2.05) is 36.4 Å². The van der Waals surface area contributed by atoms with E-state index in [0.29, 0.717) is 0 Å². The Morgan fingerprint density at radius 3 is 2.85 bits per heavy atom. The van der Waals surface area contributed by atoms with Crippen molar-refractivity contribution in [3.05, 3.63) is 59.1 Å². The lowest BCUT2D eigenvalue weighted by Gasteiger charge is -2.09. The van der Waals surface area contributed by atoms with Gasteiger partial charge in [-0.3, -0.25) is 0 Å². The summed E-state index contributed by atoms with van der Waals surface area (Å²) in [5, 5.41) is 0.981. The van der Waals surface area contributed by atoms with Gasteiger partial charge in [0.15, 0.2) is 0 Å². The lowest BCUT2D eigenvalue weighted by molar-refractivity contribution is 0.414. The van der Waals surface area contributed by atoms with Crippen molar-refractivity contribution in [2.75, 3.05) is 7.11 Å². The van der Waals surface area contributed by atoms with Crippen molar-refractivity contribution in [3.63, 3.8) is 0 Å². The van der Waals surface area contributed by atoms with E-state index < -0.39 is 0 Å². The van der Waals surface area contributed by atoms with Gasteiger partial charge in [-0.1, -0.05) is 24.3 Å². The molecule has 1 atom stereocenters. The number of fused-ring (bicyclic) bond motifs is 1. The number of hydrogen-bond donors (Lipinski definition) is 1. The molecule has 0 saturated carbocycles. The summed E-state index contributed by atoms with van der Waals surface area (Å²) in [5.74, 6) is 0.860. The normalized spacial score (nSPS) is 12.5. The Balaban J connectivity index is 1.82. The fourth-order valence-electron chi connectivity index (χ4n) is 2.19. The molecule has 0 aliphatic rings. The maximum atomic E-state index is 6.29. The molecule has 1 aromatic heterocycles. The largest absolute Gasteiger partial charge is 0.497 e. The van der Waals surface area contributed by atoms with Crippen molar-refractivity contribution < 1.29 is 4.74 Å². The molecule has 0 spiro atoms. The minimum absolute atomic E-state index is 0.0838. The number of benzene rings is 2. The Morgan fingerprint density at radius 1 is 1.20 bits per heavy atom. The molecule has 3 aromatic rings. The van der Waals surface area contributed by atoms with E-state index in [4.69, 9.17) is 10.5 Å². The molecular formula is C16H16N2OS. The maximum absolute atomic E-state index is 6.29. The summed E-state index contributed by atoms with van der Waals surface area (Å²) in [6, 6.07) is 16.0. The molecule has 0 saturated heterocycles. The summed E-state index contributed by atoms with van der Waals surface area (Å²) in [5.41, 5.74) is 8.47. The van der Waals surface area contributed by atoms with Crippen molar-refractivity contribution in [1.82, 2.24) is 4.98 Å². The van der Waals surface area contributed by atoms with E-state index in [9.17, 15) is 0 Å². The predicted octanol–water partition coefficient (Wildman–Crippen LogP) is 3.55. The van der Waals surface area contributed by atoms with Gasteiger partial charge in [0.1, 0.15) is 10.8 Å². The molecular weight excluding hydrogens is 268 g/mol. The van der Waals surface area contributed by atoms with Crippen LogP contribution < -0.4 is 10.5 Å². The molecule has 1 heterocycles. The number of nitrogens with two attached hydrogens (primary N) is 1. The van der Waals surface area contributed by atoms with Gasteiger partial charge in [0, 0.05) is 0 Å². The van der Waals surface area contributed by atoms with E-state index in [1.54, 1.807) is 18.4 Å². The summed E-state index contributed by atoms with van der Waals surface area (Å²) < 4.78 is 6.42. The van der Waals surface area contributed by atoms with E-state index in [-0.39, 0.29) is 6.04 Å². The molecule has 2 N–H and O–H groups in total. The third kappa shape index (κ3) is 2.66. The minimum atomic E-state index is -0.0838. The van der Waals surface area contributed by atoms with Crippen LogP contribution in [0.5, 0.6) is 5.75 Å². The topological polar surface area (TPSA) is 48.1 Å². The highest BCUT2D eigenvalue weighted by molar-refractivity contribution is 7.18. The summed E-state index contributed by atoms with van der Waals surface area (Å²) in [4.78, 5) is 4.61. The number of methoxy groups -OCH3 is 1. The highest BCUT2D eigenvalue weighted by Gasteiger charge is 2.12. The molecule has 0 aliphatic carbocycles. The number of para-hydroxylation sites is 1. The average molecular weight is 284 g/mol. The molecule has 0 fully saturated rings. The second-order valence-corrected chi connectivity index (χ2v) is 5.74. The summed E-state index contributed by atoms with van der Waals surface area (Å²) >= 11 is 1.67. The van der Waals surface area contributed by atoms with Gasteiger partial charge in [-0.05, 0) is 36.2 Å². The predicted molar refractivity (Wildman–Crippen MR) is 83.2 cm³/mol. The molecule has 2 aromatic carbocycles. The lowest BCUT2D eigenvalue weighted by Crippen LogP contribution is -2.12. The Kier molecular flexibility index (Phi) is 3.67. The van der Waals surface area contributed by atoms with Crippen LogP contribution in [0.15, 0.2) is 48.5 Å². The maximum Gasteiger partial charge on any atom is 0.119 e. The summed E-state index contributed by atoms with van der Waals surface area (Å²) in [6.45, 7) is 0. The number of ether oxygens (including phenoxy) is 1. The van der Waals surface area contributed by atoms with E-state index in [2.05, 4.69) is 17.1 Å². The molecule has 0 bridgehead atoms. The molecule has 20 heavy (non-hydrogen) atoms. The van der Waals surface area contributed by atoms with Crippen LogP contribution in [0.25, 0.3) is 10.2 Å². The number of hydrogen-bond acceptors (Lipinski definition) is 4. The van der Waals surface area contributed by atoms with Crippen LogP contribution in [-0.2, 0) is 6.42 Å². The van der Waals surface area contributed by atoms with Gasteiger partial charge in [-0.25, -0.2) is 4.98 Å². The van der Waals surface area contributed by atoms with Crippen LogP contribution in [-0.4, -0.2) is 12.1 Å². The van der Waals surface area contributed by atoms with Gasteiger partial charge in [0.2, 0.25) is 0 Å². The second-order valence-electron chi connectivity index (χ2n) is 4.68. The molecule has 4 heteroatoms. The summed E-state index contributed by atoms with van der Waals surface area (Å²) in [6.07, 6.45) is 0.761. The fraction of sp³-hybridized carbons (Fsp3) is 0.188. The number of aromatic nitrogens is 1. The Bertz CT molecular complexity index is 690. The average Bonchev–Trinajstić information content (AvgIpc) is 2.91. The fourth-order valence-corrected chi connectivity index (χ4v) is 3.16. The van der Waals surface area contributed by atoms with E-state index in [0.717, 1.165) is 28.3 Å². The molecule has 0 amide bonds. The summed E-state index contributed by atoms with van der Waals surface area (Å²) in [7, 11) is 1.67. The molecule has 1 unspecified atom stereocenters. The first kappa shape index (κ1) is 13.1. The second kappa shape index (κ2) is 5.61. The Hall–Kier alpha value is -1.91. The van der Waals surface area contributed by atoms with Crippen molar-refractivity contribution in [1.29, 1.82) is 0 Å². The zero-order valence-electron chi connectivity index (χ0n) is 11.2. The van der Waals surface area contributed by atoms with Gasteiger partial charge in [-0.2, -0.15) is 0 Å². The molecule has 0 aliphatic heterocycles. The first-order chi connectivity index (χ1) is 9.76. The van der Waals surface area contributed by atoms with Gasteiger partial charge in [0.05, 0.1) is 23.4 Å². The van der Waals surface area contributed by atoms with Crippen molar-refractivity contribution in [3.8, 4) is 5.75 Å². The number of thiazole rings is 1. The molecule has 102 valence electrons. The van der Waals surface area contributed by atoms with Crippen LogP contribution >= 0.6 is 11.3 Å². The monoisotopic (exact) mass is 284 g/mol. The highest BCUT2D eigenvalue weighted by Crippen LogP contribution is 2.27. The Morgan fingerprint density at radius 2 is 2.05 bits per heavy atom. The highest BCUT2D eigenvalue weighted by atomic mass is 32.1. The molecule has 3 nitrogen and oxygen atoms in total. The van der Waals surface area contributed by atoms with Crippen LogP contribution in [0.4, 0.5) is 0 Å². The standard InChI is InChI=1S/C16H16N2OS/c1-19-12-6-4-5-11(9-12)10-13(17)16-18-14-7-2-3-8-15(14)20-16/h2-9,13H,10,17H2,1H3. The van der Waals surface area contributed by atoms with E-state index in [1.165, 1.54) is 4.70 Å². The van der Waals surface area contributed by atoms with E-state index >= 15 is 0 Å². The smallest absolute Gasteiger partial charge is 0.119 e. The third-order valence-electron chi connectivity index (χ3n) is 3.22. The lowest BCUT2D eigenvalue weighted by atomic mass is 10.1. The zero-order chi connectivity index (χ0) is 13.9. The van der Waals surface area contributed by atoms with Crippen LogP contribution in [0.3, 0.4) is 0 Å². The van der Waals surface area contributed by atoms with Gasteiger partial charge in [0.25, 0.3) is 0 Å². The van der Waals surface area contributed by atoms with Gasteiger partial charge < -0.3 is 10.5 Å². The Labute approximate surface area is 122 Å². The van der Waals surface area contributed by atoms with Crippen molar-refractivity contribution in [2.24, 2.45) is 5.73 Å². The third-order valence-corrected chi connectivity index (χ3v) is 4.39. The minimum Gasteiger partial charge on any atom is -0.497 e. The zero-order valence-corrected chi connectivity index (χ0v) is 12.1. The van der Waals surface area contributed by atoms with Gasteiger partial charge in [-0.15, -0.1) is 11.3 Å². The van der Waals surface area contributed by atoms with Crippen LogP contribution in [0.2, 0.25) is 0 Å². The quantitative estimate of drug-likeness (QED) is 0.797. The number of rotatable bonds is 4. The van der Waals surface area contributed by atoms with Crippen LogP contribution in [0.1, 0.15) is 16.6 Å². The molecule has 3 rings (SSSR count). The van der Waals surface area contributed by atoms with Crippen molar-refractivity contribution in [2.45, 2.75) is 12.5 Å². The first-order valence-electron chi connectivity index (χ1n) is 6.50.